The van der Waals surface area contributed by atoms with Gasteiger partial charge in [-0.05, 0) is 29.8 Å². The van der Waals surface area contributed by atoms with Gasteiger partial charge in [-0.3, -0.25) is 9.82 Å². The maximum absolute atomic E-state index is 13.2. The van der Waals surface area contributed by atoms with Crippen molar-refractivity contribution < 1.29 is 18.7 Å². The lowest BCUT2D eigenvalue weighted by Crippen LogP contribution is -2.12. The number of halogens is 1. The van der Waals surface area contributed by atoms with Gasteiger partial charge in [-0.15, -0.1) is 0 Å². The van der Waals surface area contributed by atoms with Crippen LogP contribution in [0.5, 0.6) is 17.2 Å². The standard InChI is InChI=1S/C20H15FN2O3/c21-15-10-18(13-22-12-15)25-20-11-19(26-23-20)14-6-8-17(9-7-14)24-16-4-2-1-3-5-16/h1-13,19,23H/t19-/m1/s1. The molecule has 0 aliphatic carbocycles. The molecule has 1 atom stereocenters. The number of nitrogens with one attached hydrogen (secondary N) is 1. The zero-order chi connectivity index (χ0) is 17.8. The summed E-state index contributed by atoms with van der Waals surface area (Å²) in [5, 5.41) is 0. The van der Waals surface area contributed by atoms with Crippen molar-refractivity contribution >= 4 is 0 Å². The SMILES string of the molecule is Fc1cncc(OC2=C[C@H](c3ccc(Oc4ccccc4)cc3)ON2)c1. The maximum atomic E-state index is 13.2. The molecule has 1 N–H and O–H groups in total. The van der Waals surface area contributed by atoms with Crippen molar-refractivity contribution in [2.24, 2.45) is 0 Å². The highest BCUT2D eigenvalue weighted by molar-refractivity contribution is 5.35. The lowest BCUT2D eigenvalue weighted by atomic mass is 10.1. The van der Waals surface area contributed by atoms with Gasteiger partial charge in [0.2, 0.25) is 5.88 Å². The van der Waals surface area contributed by atoms with Gasteiger partial charge in [-0.1, -0.05) is 30.3 Å². The highest BCUT2D eigenvalue weighted by Gasteiger charge is 2.20. The summed E-state index contributed by atoms with van der Waals surface area (Å²) in [5.74, 6) is 1.72. The third-order valence-corrected chi connectivity index (χ3v) is 3.68. The largest absolute Gasteiger partial charge is 0.457 e. The van der Waals surface area contributed by atoms with Gasteiger partial charge < -0.3 is 9.47 Å². The zero-order valence-electron chi connectivity index (χ0n) is 13.6. The van der Waals surface area contributed by atoms with Crippen LogP contribution in [0.4, 0.5) is 4.39 Å². The number of hydrogen-bond donors (Lipinski definition) is 1. The molecule has 0 saturated carbocycles. The van der Waals surface area contributed by atoms with Crippen LogP contribution in [0.3, 0.4) is 0 Å². The van der Waals surface area contributed by atoms with Gasteiger partial charge >= 0.3 is 0 Å². The predicted molar refractivity (Wildman–Crippen MR) is 92.8 cm³/mol. The van der Waals surface area contributed by atoms with Crippen molar-refractivity contribution in [3.8, 4) is 17.2 Å². The number of aromatic nitrogens is 1. The number of pyridine rings is 1. The minimum atomic E-state index is -0.465. The van der Waals surface area contributed by atoms with Crippen LogP contribution in [0.1, 0.15) is 11.7 Å². The second-order valence-electron chi connectivity index (χ2n) is 5.60. The second-order valence-corrected chi connectivity index (χ2v) is 5.60. The Morgan fingerprint density at radius 1 is 0.885 bits per heavy atom. The molecule has 2 aromatic carbocycles. The average Bonchev–Trinajstić information content (AvgIpc) is 3.12. The third-order valence-electron chi connectivity index (χ3n) is 3.68. The van der Waals surface area contributed by atoms with Crippen molar-refractivity contribution in [3.05, 3.63) is 96.4 Å². The van der Waals surface area contributed by atoms with Crippen LogP contribution in [-0.4, -0.2) is 4.98 Å². The van der Waals surface area contributed by atoms with Crippen LogP contribution >= 0.6 is 0 Å². The molecule has 1 aliphatic heterocycles. The van der Waals surface area contributed by atoms with Crippen LogP contribution in [-0.2, 0) is 4.84 Å². The Labute approximate surface area is 149 Å². The molecule has 4 rings (SSSR count). The molecule has 1 aromatic heterocycles. The number of rotatable bonds is 5. The summed E-state index contributed by atoms with van der Waals surface area (Å²) in [7, 11) is 0. The van der Waals surface area contributed by atoms with Crippen LogP contribution in [0, 0.1) is 5.82 Å². The molecule has 0 unspecified atom stereocenters. The van der Waals surface area contributed by atoms with E-state index in [0.29, 0.717) is 11.6 Å². The van der Waals surface area contributed by atoms with E-state index in [9.17, 15) is 4.39 Å². The summed E-state index contributed by atoms with van der Waals surface area (Å²) in [6.45, 7) is 0. The van der Waals surface area contributed by atoms with E-state index in [1.807, 2.05) is 54.6 Å². The first kappa shape index (κ1) is 16.1. The van der Waals surface area contributed by atoms with Gasteiger partial charge in [0.15, 0.2) is 5.75 Å². The molecular weight excluding hydrogens is 335 g/mol. The van der Waals surface area contributed by atoms with Crippen LogP contribution in [0.15, 0.2) is 85.0 Å². The first-order valence-corrected chi connectivity index (χ1v) is 8.01. The fraction of sp³-hybridized carbons (Fsp3) is 0.0500. The number of hydrogen-bond acceptors (Lipinski definition) is 5. The van der Waals surface area contributed by atoms with E-state index in [4.69, 9.17) is 14.3 Å². The van der Waals surface area contributed by atoms with Gasteiger partial charge in [0, 0.05) is 12.1 Å². The van der Waals surface area contributed by atoms with Gasteiger partial charge in [0.05, 0.1) is 12.4 Å². The Hall–Kier alpha value is -3.38. The summed E-state index contributed by atoms with van der Waals surface area (Å²) in [5.41, 5.74) is 3.61. The summed E-state index contributed by atoms with van der Waals surface area (Å²) in [6, 6.07) is 18.4. The van der Waals surface area contributed by atoms with E-state index in [-0.39, 0.29) is 6.10 Å². The van der Waals surface area contributed by atoms with Gasteiger partial charge in [-0.2, -0.15) is 0 Å². The summed E-state index contributed by atoms with van der Waals surface area (Å²) in [4.78, 5) is 9.23. The first-order valence-electron chi connectivity index (χ1n) is 8.01. The highest BCUT2D eigenvalue weighted by atomic mass is 19.1. The van der Waals surface area contributed by atoms with E-state index in [1.54, 1.807) is 6.08 Å². The van der Waals surface area contributed by atoms with E-state index < -0.39 is 5.82 Å². The average molecular weight is 350 g/mol. The minimum Gasteiger partial charge on any atom is -0.457 e. The molecule has 0 spiro atoms. The van der Waals surface area contributed by atoms with E-state index >= 15 is 0 Å². The summed E-state index contributed by atoms with van der Waals surface area (Å²) in [6.07, 6.45) is 3.98. The highest BCUT2D eigenvalue weighted by Crippen LogP contribution is 2.28. The third kappa shape index (κ3) is 3.81. The van der Waals surface area contributed by atoms with Crippen molar-refractivity contribution in [1.82, 2.24) is 10.5 Å². The molecule has 130 valence electrons. The molecular formula is C20H15FN2O3. The molecule has 0 fully saturated rings. The van der Waals surface area contributed by atoms with Crippen molar-refractivity contribution in [2.75, 3.05) is 0 Å². The number of hydroxylamine groups is 1. The van der Waals surface area contributed by atoms with E-state index in [1.165, 1.54) is 12.3 Å². The molecule has 0 bridgehead atoms. The quantitative estimate of drug-likeness (QED) is 0.734. The normalized spacial score (nSPS) is 15.9. The maximum Gasteiger partial charge on any atom is 0.216 e. The van der Waals surface area contributed by atoms with Crippen LogP contribution in [0.25, 0.3) is 0 Å². The summed E-state index contributed by atoms with van der Waals surface area (Å²) < 4.78 is 24.4. The molecule has 2 heterocycles. The van der Waals surface area contributed by atoms with Gasteiger partial charge in [0.1, 0.15) is 23.4 Å². The van der Waals surface area contributed by atoms with E-state index in [0.717, 1.165) is 23.3 Å². The number of benzene rings is 2. The lowest BCUT2D eigenvalue weighted by molar-refractivity contribution is 0.0272. The minimum absolute atomic E-state index is 0.291. The smallest absolute Gasteiger partial charge is 0.216 e. The Bertz CT molecular complexity index is 914. The second kappa shape index (κ2) is 7.25. The fourth-order valence-electron chi connectivity index (χ4n) is 2.47. The Kier molecular flexibility index (Phi) is 4.49. The molecule has 3 aromatic rings. The monoisotopic (exact) mass is 350 g/mol. The Morgan fingerprint density at radius 3 is 2.42 bits per heavy atom. The topological polar surface area (TPSA) is 52.6 Å². The van der Waals surface area contributed by atoms with E-state index in [2.05, 4.69) is 10.5 Å². The molecule has 0 saturated heterocycles. The molecule has 0 amide bonds. The lowest BCUT2D eigenvalue weighted by Gasteiger charge is -2.09. The van der Waals surface area contributed by atoms with Crippen LogP contribution < -0.4 is 15.0 Å². The number of nitrogens with zero attached hydrogens (tertiary/aromatic N) is 1. The Balaban J connectivity index is 1.42. The van der Waals surface area contributed by atoms with Crippen molar-refractivity contribution in [2.45, 2.75) is 6.10 Å². The Morgan fingerprint density at radius 2 is 1.65 bits per heavy atom. The summed E-state index contributed by atoms with van der Waals surface area (Å²) >= 11 is 0. The fourth-order valence-corrected chi connectivity index (χ4v) is 2.47. The van der Waals surface area contributed by atoms with Gasteiger partial charge in [0.25, 0.3) is 0 Å². The molecule has 5 nitrogen and oxygen atoms in total. The molecule has 26 heavy (non-hydrogen) atoms. The first-order chi connectivity index (χ1) is 12.8. The van der Waals surface area contributed by atoms with Crippen molar-refractivity contribution in [3.63, 3.8) is 0 Å². The number of para-hydroxylation sites is 1. The van der Waals surface area contributed by atoms with Gasteiger partial charge in [-0.25, -0.2) is 9.87 Å². The van der Waals surface area contributed by atoms with Crippen LogP contribution in [0.2, 0.25) is 0 Å². The molecule has 0 radical (unpaired) electrons. The predicted octanol–water partition coefficient (Wildman–Crippen LogP) is 4.51. The molecule has 1 aliphatic rings. The molecule has 6 heteroatoms. The zero-order valence-corrected chi connectivity index (χ0v) is 13.6. The van der Waals surface area contributed by atoms with Crippen molar-refractivity contribution in [1.29, 1.82) is 0 Å². The number of ether oxygens (including phenoxy) is 2.